The molecule has 1 N–H and O–H groups in total. The Kier molecular flexibility index (Phi) is 5.57. The summed E-state index contributed by atoms with van der Waals surface area (Å²) < 4.78 is 27.7. The van der Waals surface area contributed by atoms with Crippen molar-refractivity contribution in [2.24, 2.45) is 5.92 Å². The molecular weight excluding hydrogens is 426 g/mol. The lowest BCUT2D eigenvalue weighted by Gasteiger charge is -2.29. The highest BCUT2D eigenvalue weighted by molar-refractivity contribution is 7.91. The van der Waals surface area contributed by atoms with E-state index >= 15 is 0 Å². The van der Waals surface area contributed by atoms with Gasteiger partial charge < -0.3 is 5.32 Å². The fraction of sp³-hybridized carbons (Fsp3) is 0.529. The maximum absolute atomic E-state index is 12.7. The van der Waals surface area contributed by atoms with E-state index in [1.807, 2.05) is 5.38 Å². The molecule has 0 aromatic carbocycles. The summed E-state index contributed by atoms with van der Waals surface area (Å²) in [6.45, 7) is 1.43. The van der Waals surface area contributed by atoms with Crippen LogP contribution in [0.15, 0.2) is 21.7 Å². The molecule has 146 valence electrons. The van der Waals surface area contributed by atoms with Gasteiger partial charge in [0.25, 0.3) is 10.0 Å². The number of rotatable bonds is 6. The topological polar surface area (TPSA) is 79.4 Å². The van der Waals surface area contributed by atoms with Crippen molar-refractivity contribution in [3.8, 4) is 0 Å². The number of carbonyl (C=O) groups excluding carboxylic acids is 1. The van der Waals surface area contributed by atoms with Gasteiger partial charge in [-0.15, -0.1) is 22.7 Å². The lowest BCUT2D eigenvalue weighted by Crippen LogP contribution is -2.37. The normalized spacial score (nSPS) is 19.3. The van der Waals surface area contributed by atoms with Crippen LogP contribution in [-0.2, 0) is 21.4 Å². The van der Waals surface area contributed by atoms with E-state index in [9.17, 15) is 13.2 Å². The number of hydrogen-bond acceptors (Lipinski definition) is 6. The third kappa shape index (κ3) is 4.37. The second kappa shape index (κ2) is 7.79. The van der Waals surface area contributed by atoms with E-state index in [1.54, 1.807) is 23.5 Å². The second-order valence-electron chi connectivity index (χ2n) is 6.91. The Balaban J connectivity index is 1.33. The smallest absolute Gasteiger partial charge is 0.252 e. The number of amides is 1. The number of halogens is 1. The molecule has 4 rings (SSSR count). The summed E-state index contributed by atoms with van der Waals surface area (Å²) in [6.07, 6.45) is 3.49. The number of thiophene rings is 1. The minimum absolute atomic E-state index is 0.122. The predicted octanol–water partition coefficient (Wildman–Crippen LogP) is 3.45. The van der Waals surface area contributed by atoms with Crippen molar-refractivity contribution in [1.29, 1.82) is 0 Å². The Morgan fingerprint density at radius 2 is 2.00 bits per heavy atom. The molecule has 1 saturated heterocycles. The first-order valence-corrected chi connectivity index (χ1v) is 12.4. The van der Waals surface area contributed by atoms with Crippen molar-refractivity contribution in [3.63, 3.8) is 0 Å². The first-order chi connectivity index (χ1) is 12.9. The van der Waals surface area contributed by atoms with Crippen LogP contribution in [0.4, 0.5) is 0 Å². The number of thiazole rings is 1. The largest absolute Gasteiger partial charge is 0.350 e. The molecule has 1 amide bonds. The van der Waals surface area contributed by atoms with E-state index < -0.39 is 10.0 Å². The maximum Gasteiger partial charge on any atom is 0.252 e. The Bertz CT molecular complexity index is 928. The third-order valence-corrected chi connectivity index (χ3v) is 9.56. The van der Waals surface area contributed by atoms with E-state index in [1.165, 1.54) is 4.31 Å². The van der Waals surface area contributed by atoms with Crippen LogP contribution in [0.3, 0.4) is 0 Å². The first kappa shape index (κ1) is 19.3. The zero-order chi connectivity index (χ0) is 19.0. The SMILES string of the molecule is O=C(NCc1csc(C2CCN(S(=O)(=O)c3ccc(Cl)s3)CC2)n1)C1CC1. The molecule has 0 radical (unpaired) electrons. The quantitative estimate of drug-likeness (QED) is 0.738. The van der Waals surface area contributed by atoms with Gasteiger partial charge >= 0.3 is 0 Å². The molecule has 6 nitrogen and oxygen atoms in total. The van der Waals surface area contributed by atoms with Gasteiger partial charge in [0, 0.05) is 30.3 Å². The Labute approximate surface area is 171 Å². The van der Waals surface area contributed by atoms with Crippen molar-refractivity contribution in [2.45, 2.75) is 42.4 Å². The van der Waals surface area contributed by atoms with Gasteiger partial charge in [-0.3, -0.25) is 4.79 Å². The van der Waals surface area contributed by atoms with Crippen LogP contribution in [0.5, 0.6) is 0 Å². The molecule has 27 heavy (non-hydrogen) atoms. The molecule has 0 spiro atoms. The Morgan fingerprint density at radius 1 is 1.26 bits per heavy atom. The molecule has 2 aromatic heterocycles. The van der Waals surface area contributed by atoms with Crippen LogP contribution in [0.25, 0.3) is 0 Å². The summed E-state index contributed by atoms with van der Waals surface area (Å²) in [7, 11) is -3.46. The van der Waals surface area contributed by atoms with Crippen molar-refractivity contribution in [2.75, 3.05) is 13.1 Å². The average Bonchev–Trinajstić information content (AvgIpc) is 3.24. The molecule has 0 atom stereocenters. The van der Waals surface area contributed by atoms with E-state index in [-0.39, 0.29) is 17.7 Å². The van der Waals surface area contributed by atoms with Gasteiger partial charge in [0.15, 0.2) is 0 Å². The summed E-state index contributed by atoms with van der Waals surface area (Å²) in [5.41, 5.74) is 0.882. The summed E-state index contributed by atoms with van der Waals surface area (Å²) in [6, 6.07) is 3.18. The molecule has 0 unspecified atom stereocenters. The predicted molar refractivity (Wildman–Crippen MR) is 107 cm³/mol. The molecule has 2 aliphatic rings. The zero-order valence-corrected chi connectivity index (χ0v) is 17.8. The highest BCUT2D eigenvalue weighted by atomic mass is 35.5. The minimum atomic E-state index is -3.46. The lowest BCUT2D eigenvalue weighted by molar-refractivity contribution is -0.122. The fourth-order valence-electron chi connectivity index (χ4n) is 3.17. The Hall–Kier alpha value is -1.00. The molecule has 1 aliphatic heterocycles. The van der Waals surface area contributed by atoms with Crippen molar-refractivity contribution >= 4 is 50.2 Å². The summed E-state index contributed by atoms with van der Waals surface area (Å²) >= 11 is 8.57. The van der Waals surface area contributed by atoms with Crippen LogP contribution in [0.2, 0.25) is 4.34 Å². The van der Waals surface area contributed by atoms with Gasteiger partial charge in [-0.2, -0.15) is 4.31 Å². The van der Waals surface area contributed by atoms with Gasteiger partial charge in [0.05, 0.1) is 21.6 Å². The number of nitrogens with one attached hydrogen (secondary N) is 1. The summed E-state index contributed by atoms with van der Waals surface area (Å²) in [5, 5.41) is 5.95. The number of carbonyl (C=O) groups is 1. The molecule has 3 heterocycles. The average molecular weight is 446 g/mol. The molecular formula is C17H20ClN3O3S3. The lowest BCUT2D eigenvalue weighted by atomic mass is 9.99. The van der Waals surface area contributed by atoms with E-state index in [2.05, 4.69) is 10.3 Å². The fourth-order valence-corrected chi connectivity index (χ4v) is 7.26. The monoisotopic (exact) mass is 445 g/mol. The van der Waals surface area contributed by atoms with Gasteiger partial charge in [0.1, 0.15) is 4.21 Å². The van der Waals surface area contributed by atoms with Crippen LogP contribution in [0.1, 0.15) is 42.3 Å². The number of sulfonamides is 1. The number of hydrogen-bond donors (Lipinski definition) is 1. The molecule has 10 heteroatoms. The highest BCUT2D eigenvalue weighted by Crippen LogP contribution is 2.34. The van der Waals surface area contributed by atoms with Gasteiger partial charge in [-0.05, 0) is 37.8 Å². The van der Waals surface area contributed by atoms with Crippen LogP contribution < -0.4 is 5.32 Å². The molecule has 2 aromatic rings. The summed E-state index contributed by atoms with van der Waals surface area (Å²) in [4.78, 5) is 16.4. The minimum Gasteiger partial charge on any atom is -0.350 e. The van der Waals surface area contributed by atoms with Gasteiger partial charge in [-0.25, -0.2) is 13.4 Å². The van der Waals surface area contributed by atoms with E-state index in [4.69, 9.17) is 11.6 Å². The first-order valence-electron chi connectivity index (χ1n) is 8.91. The third-order valence-electron chi connectivity index (χ3n) is 4.91. The maximum atomic E-state index is 12.7. The van der Waals surface area contributed by atoms with Crippen LogP contribution in [0, 0.1) is 5.92 Å². The van der Waals surface area contributed by atoms with Gasteiger partial charge in [-0.1, -0.05) is 11.6 Å². The zero-order valence-electron chi connectivity index (χ0n) is 14.6. The molecule has 1 saturated carbocycles. The highest BCUT2D eigenvalue weighted by Gasteiger charge is 2.32. The van der Waals surface area contributed by atoms with E-state index in [0.29, 0.717) is 28.2 Å². The number of aromatic nitrogens is 1. The molecule has 1 aliphatic carbocycles. The van der Waals surface area contributed by atoms with Crippen LogP contribution in [-0.4, -0.2) is 36.7 Å². The van der Waals surface area contributed by atoms with Crippen molar-refractivity contribution in [1.82, 2.24) is 14.6 Å². The number of nitrogens with zero attached hydrogens (tertiary/aromatic N) is 2. The Morgan fingerprint density at radius 3 is 2.63 bits per heavy atom. The summed E-state index contributed by atoms with van der Waals surface area (Å²) in [5.74, 6) is 0.589. The van der Waals surface area contributed by atoms with Crippen LogP contribution >= 0.6 is 34.3 Å². The standard InChI is InChI=1S/C17H20ClN3O3S3/c18-14-3-4-15(26-14)27(23,24)21-7-5-12(6-8-21)17-20-13(10-25-17)9-19-16(22)11-1-2-11/h3-4,10-12H,1-2,5-9H2,(H,19,22). The second-order valence-corrected chi connectivity index (χ2v) is 11.7. The van der Waals surface area contributed by atoms with Gasteiger partial charge in [0.2, 0.25) is 5.91 Å². The van der Waals surface area contributed by atoms with Crippen molar-refractivity contribution in [3.05, 3.63) is 32.6 Å². The number of piperidine rings is 1. The molecule has 2 fully saturated rings. The van der Waals surface area contributed by atoms with Crippen molar-refractivity contribution < 1.29 is 13.2 Å². The molecule has 0 bridgehead atoms. The van der Waals surface area contributed by atoms with E-state index in [0.717, 1.165) is 47.7 Å².